The lowest BCUT2D eigenvalue weighted by Crippen LogP contribution is -2.32. The van der Waals surface area contributed by atoms with Crippen LogP contribution in [0.15, 0.2) is 36.4 Å². The minimum atomic E-state index is -0.523. The number of anilines is 2. The number of carbonyl (C=O) groups is 2. The first kappa shape index (κ1) is 33.4. The van der Waals surface area contributed by atoms with Gasteiger partial charge in [0.05, 0.1) is 35.1 Å². The van der Waals surface area contributed by atoms with Gasteiger partial charge in [-0.2, -0.15) is 0 Å². The van der Waals surface area contributed by atoms with E-state index < -0.39 is 22.5 Å². The molecule has 4 rings (SSSR count). The maximum absolute atomic E-state index is 13.4. The first-order valence-corrected chi connectivity index (χ1v) is 12.2. The number of hydrogen-bond donors (Lipinski definition) is 0. The van der Waals surface area contributed by atoms with Crippen LogP contribution in [0.3, 0.4) is 0 Å². The molecule has 0 N–H and O–H groups in total. The highest BCUT2D eigenvalue weighted by atomic mass is 35.5. The zero-order chi connectivity index (χ0) is 26.7. The molecule has 10 heteroatoms. The normalized spacial score (nSPS) is 22.0. The lowest BCUT2D eigenvalue weighted by molar-refractivity contribution is -0.151. The molecule has 2 heterocycles. The molecule has 2 aromatic carbocycles. The van der Waals surface area contributed by atoms with Crippen LogP contribution in [0.4, 0.5) is 20.2 Å². The molecule has 2 fully saturated rings. The molecule has 2 atom stereocenters. The number of carbonyl (C=O) groups excluding carboxylic acids is 2. The van der Waals surface area contributed by atoms with Crippen molar-refractivity contribution in [3.63, 3.8) is 0 Å². The van der Waals surface area contributed by atoms with Crippen molar-refractivity contribution in [1.29, 1.82) is 0 Å². The monoisotopic (exact) mass is 574 g/mol. The van der Waals surface area contributed by atoms with E-state index in [0.29, 0.717) is 39.0 Å². The molecule has 0 spiro atoms. The maximum Gasteiger partial charge on any atom is 0.313 e. The molecule has 2 aliphatic rings. The molecule has 0 radical (unpaired) electrons. The molecule has 6 nitrogen and oxygen atoms in total. The summed E-state index contributed by atoms with van der Waals surface area (Å²) >= 11 is 11.3. The third kappa shape index (κ3) is 7.29. The van der Waals surface area contributed by atoms with Gasteiger partial charge >= 0.3 is 11.9 Å². The summed E-state index contributed by atoms with van der Waals surface area (Å²) in [5.74, 6) is -1.33. The summed E-state index contributed by atoms with van der Waals surface area (Å²) in [6.45, 7) is 6.19. The topological polar surface area (TPSA) is 59.1 Å². The Labute approximate surface area is 234 Å². The summed E-state index contributed by atoms with van der Waals surface area (Å²) in [5.41, 5.74) is 0.435. The number of hydrogen-bond acceptors (Lipinski definition) is 6. The number of halogens is 4. The number of methoxy groups -OCH3 is 2. The van der Waals surface area contributed by atoms with E-state index in [-0.39, 0.29) is 36.8 Å². The van der Waals surface area contributed by atoms with Gasteiger partial charge in [-0.15, -0.1) is 0 Å². The number of ether oxygens (including phenoxy) is 2. The number of nitrogens with zero attached hydrogens (tertiary/aromatic N) is 2. The van der Waals surface area contributed by atoms with E-state index in [1.54, 1.807) is 12.1 Å². The highest BCUT2D eigenvalue weighted by Crippen LogP contribution is 2.36. The van der Waals surface area contributed by atoms with Gasteiger partial charge in [-0.05, 0) is 63.1 Å². The van der Waals surface area contributed by atoms with Crippen LogP contribution in [-0.4, -0.2) is 52.3 Å². The van der Waals surface area contributed by atoms with E-state index in [0.717, 1.165) is 11.4 Å². The fourth-order valence-electron chi connectivity index (χ4n) is 4.55. The Morgan fingerprint density at radius 3 is 1.39 bits per heavy atom. The first-order chi connectivity index (χ1) is 16.9. The summed E-state index contributed by atoms with van der Waals surface area (Å²) in [6.07, 6.45) is 1.40. The van der Waals surface area contributed by atoms with Crippen LogP contribution in [0, 0.1) is 22.5 Å². The number of esters is 2. The van der Waals surface area contributed by atoms with Crippen LogP contribution in [-0.2, 0) is 19.1 Å². The smallest absolute Gasteiger partial charge is 0.313 e. The van der Waals surface area contributed by atoms with Gasteiger partial charge in [0.1, 0.15) is 11.6 Å². The average Bonchev–Trinajstić information content (AvgIpc) is 3.47. The fourth-order valence-corrected chi connectivity index (χ4v) is 4.79. The van der Waals surface area contributed by atoms with E-state index in [1.807, 2.05) is 23.6 Å². The van der Waals surface area contributed by atoms with Gasteiger partial charge in [-0.3, -0.25) is 9.59 Å². The van der Waals surface area contributed by atoms with Crippen molar-refractivity contribution in [2.45, 2.75) is 41.5 Å². The van der Waals surface area contributed by atoms with Crippen LogP contribution in [0.1, 0.15) is 41.5 Å². The van der Waals surface area contributed by atoms with Crippen molar-refractivity contribution in [3.05, 3.63) is 58.1 Å². The average molecular weight is 576 g/mol. The van der Waals surface area contributed by atoms with Gasteiger partial charge in [-0.1, -0.05) is 38.1 Å². The zero-order valence-electron chi connectivity index (χ0n) is 20.7. The van der Waals surface area contributed by atoms with E-state index in [4.69, 9.17) is 32.7 Å². The van der Waals surface area contributed by atoms with Crippen LogP contribution < -0.4 is 9.80 Å². The molecular weight excluding hydrogens is 537 g/mol. The first-order valence-electron chi connectivity index (χ1n) is 11.5. The molecule has 2 aliphatic heterocycles. The van der Waals surface area contributed by atoms with Gasteiger partial charge in [0.15, 0.2) is 0 Å². The predicted molar refractivity (Wildman–Crippen MR) is 150 cm³/mol. The van der Waals surface area contributed by atoms with E-state index in [9.17, 15) is 18.4 Å². The van der Waals surface area contributed by atoms with E-state index >= 15 is 0 Å². The molecule has 38 heavy (non-hydrogen) atoms. The minimum absolute atomic E-state index is 0. The van der Waals surface area contributed by atoms with Crippen molar-refractivity contribution < 1.29 is 27.8 Å². The van der Waals surface area contributed by atoms with E-state index in [1.165, 1.54) is 38.5 Å². The number of rotatable bonds is 4. The molecule has 2 aromatic rings. The van der Waals surface area contributed by atoms with Crippen molar-refractivity contribution in [2.75, 3.05) is 50.2 Å². The van der Waals surface area contributed by atoms with E-state index in [2.05, 4.69) is 0 Å². The minimum Gasteiger partial charge on any atom is -0.469 e. The SMILES string of the molecule is C.C.COC(=O)[C@@]1(C)CCN(c2ccc(Cl)c(F)c2)C1.COC(=O)[C@]1(C)CCN(c2ccc(Cl)c(F)c2)C1. The molecule has 0 saturated carbocycles. The third-order valence-corrected chi connectivity index (χ3v) is 7.45. The lowest BCUT2D eigenvalue weighted by Gasteiger charge is -2.23. The van der Waals surface area contributed by atoms with Gasteiger partial charge in [0, 0.05) is 37.6 Å². The molecule has 0 aliphatic carbocycles. The molecule has 2 saturated heterocycles. The van der Waals surface area contributed by atoms with Crippen LogP contribution in [0.2, 0.25) is 10.0 Å². The largest absolute Gasteiger partial charge is 0.469 e. The highest BCUT2D eigenvalue weighted by molar-refractivity contribution is 6.31. The van der Waals surface area contributed by atoms with Crippen molar-refractivity contribution in [1.82, 2.24) is 0 Å². The van der Waals surface area contributed by atoms with Crippen LogP contribution in [0.25, 0.3) is 0 Å². The molecular formula is C28H38Cl2F2N2O4. The second-order valence-electron chi connectivity index (χ2n) is 9.64. The Kier molecular flexibility index (Phi) is 11.9. The maximum atomic E-state index is 13.4. The van der Waals surface area contributed by atoms with Crippen molar-refractivity contribution in [2.24, 2.45) is 10.8 Å². The zero-order valence-corrected chi connectivity index (χ0v) is 22.3. The second-order valence-corrected chi connectivity index (χ2v) is 10.5. The summed E-state index contributed by atoms with van der Waals surface area (Å²) < 4.78 is 36.4. The van der Waals surface area contributed by atoms with Gasteiger partial charge in [0.2, 0.25) is 0 Å². The molecule has 0 aromatic heterocycles. The predicted octanol–water partition coefficient (Wildman–Crippen LogP) is 7.01. The standard InChI is InChI=1S/2C13H15ClFNO2.2CH4/c2*1-13(12(17)18-2)5-6-16(8-13)9-3-4-10(14)11(15)7-9;;/h2*3-4,7H,5-6,8H2,1-2H3;2*1H4/t2*13-;;/m10../s1. The molecule has 0 amide bonds. The second kappa shape index (κ2) is 13.5. The Bertz CT molecular complexity index is 1050. The molecule has 0 unspecified atom stereocenters. The van der Waals surface area contributed by atoms with Gasteiger partial charge in [0.25, 0.3) is 0 Å². The summed E-state index contributed by atoms with van der Waals surface area (Å²) in [4.78, 5) is 27.3. The Morgan fingerprint density at radius 1 is 0.763 bits per heavy atom. The van der Waals surface area contributed by atoms with Crippen LogP contribution in [0.5, 0.6) is 0 Å². The van der Waals surface area contributed by atoms with Crippen LogP contribution >= 0.6 is 23.2 Å². The van der Waals surface area contributed by atoms with Gasteiger partial charge < -0.3 is 19.3 Å². The quantitative estimate of drug-likeness (QED) is 0.366. The summed E-state index contributed by atoms with van der Waals surface area (Å²) in [5, 5.41) is 0.211. The lowest BCUT2D eigenvalue weighted by atomic mass is 9.90. The molecule has 212 valence electrons. The Balaban J connectivity index is 0.000000361. The number of benzene rings is 2. The Hall–Kier alpha value is -2.58. The third-order valence-electron chi connectivity index (χ3n) is 6.84. The van der Waals surface area contributed by atoms with Crippen molar-refractivity contribution >= 4 is 46.5 Å². The Morgan fingerprint density at radius 2 is 1.11 bits per heavy atom. The molecule has 0 bridgehead atoms. The van der Waals surface area contributed by atoms with Crippen molar-refractivity contribution in [3.8, 4) is 0 Å². The summed E-state index contributed by atoms with van der Waals surface area (Å²) in [7, 11) is 2.77. The van der Waals surface area contributed by atoms with Gasteiger partial charge in [-0.25, -0.2) is 8.78 Å². The summed E-state index contributed by atoms with van der Waals surface area (Å²) in [6, 6.07) is 9.36. The fraction of sp³-hybridized carbons (Fsp3) is 0.500. The highest BCUT2D eigenvalue weighted by Gasteiger charge is 2.42.